The third-order valence-corrected chi connectivity index (χ3v) is 8.45. The van der Waals surface area contributed by atoms with Crippen LogP contribution in [0.25, 0.3) is 0 Å². The van der Waals surface area contributed by atoms with Gasteiger partial charge in [0.2, 0.25) is 0 Å². The largest absolute Gasteiger partial charge is 0.497 e. The first-order chi connectivity index (χ1) is 23.8. The molecule has 0 amide bonds. The highest BCUT2D eigenvalue weighted by atomic mass is 16.5. The zero-order chi connectivity index (χ0) is 39.2. The second-order valence-electron chi connectivity index (χ2n) is 11.6. The topological polar surface area (TPSA) is 65.4 Å². The molecule has 2 aromatic carbocycles. The first kappa shape index (κ1) is 19.1. The summed E-state index contributed by atoms with van der Waals surface area (Å²) in [6.07, 6.45) is 8.26. The van der Waals surface area contributed by atoms with E-state index in [0.717, 1.165) is 57.1 Å². The maximum Gasteiger partial charge on any atom is 0.118 e. The van der Waals surface area contributed by atoms with Gasteiger partial charge >= 0.3 is 0 Å². The fourth-order valence-electron chi connectivity index (χ4n) is 6.28. The zero-order valence-electron chi connectivity index (χ0n) is 35.9. The van der Waals surface area contributed by atoms with Gasteiger partial charge in [0.05, 0.1) is 33.5 Å². The molecule has 2 aliphatic rings. The number of benzene rings is 2. The molecule has 2 aliphatic carbocycles. The molecule has 2 fully saturated rings. The maximum atomic E-state index is 11.3. The second-order valence-corrected chi connectivity index (χ2v) is 11.6. The summed E-state index contributed by atoms with van der Waals surface area (Å²) in [6, 6.07) is 13.1. The first-order valence-corrected chi connectivity index (χ1v) is 14.3. The normalized spacial score (nSPS) is 25.6. The Labute approximate surface area is 260 Å². The van der Waals surface area contributed by atoms with Crippen molar-refractivity contribution in [3.05, 3.63) is 59.7 Å². The van der Waals surface area contributed by atoms with Crippen LogP contribution in [0.4, 0.5) is 0 Å². The van der Waals surface area contributed by atoms with Gasteiger partial charge in [-0.1, -0.05) is 62.8 Å². The number of methoxy groups -OCH3 is 2. The van der Waals surface area contributed by atoms with E-state index in [1.807, 2.05) is 26.2 Å². The lowest BCUT2D eigenvalue weighted by Crippen LogP contribution is -2.42. The van der Waals surface area contributed by atoms with Gasteiger partial charge in [-0.2, -0.15) is 0 Å². The lowest BCUT2D eigenvalue weighted by Gasteiger charge is -2.40. The molecule has 2 unspecified atom stereocenters. The van der Waals surface area contributed by atoms with Gasteiger partial charge in [0, 0.05) is 33.1 Å². The minimum Gasteiger partial charge on any atom is -0.497 e. The van der Waals surface area contributed by atoms with Gasteiger partial charge in [0.15, 0.2) is 0 Å². The van der Waals surface area contributed by atoms with Crippen molar-refractivity contribution in [1.82, 2.24) is 9.80 Å². The number of hydrogen-bond acceptors (Lipinski definition) is 6. The summed E-state index contributed by atoms with van der Waals surface area (Å²) >= 11 is 0. The Bertz CT molecular complexity index is 1350. The fourth-order valence-corrected chi connectivity index (χ4v) is 6.28. The number of hydrogen-bond donors (Lipinski definition) is 2. The molecular weight excluding hydrogens is 500 g/mol. The summed E-state index contributed by atoms with van der Waals surface area (Å²) in [4.78, 5) is 2.55. The molecule has 224 valence electrons. The Kier molecular flexibility index (Phi) is 7.28. The van der Waals surface area contributed by atoms with Crippen molar-refractivity contribution < 1.29 is 36.1 Å². The number of ether oxygens (including phenoxy) is 2. The van der Waals surface area contributed by atoms with E-state index in [0.29, 0.717) is 29.1 Å². The van der Waals surface area contributed by atoms with Crippen molar-refractivity contribution in [2.45, 2.75) is 87.2 Å². The Hall–Kier alpha value is -2.12. The van der Waals surface area contributed by atoms with E-state index in [1.54, 1.807) is 24.3 Å². The molecule has 0 saturated heterocycles. The van der Waals surface area contributed by atoms with Crippen molar-refractivity contribution >= 4 is 0 Å². The van der Waals surface area contributed by atoms with Crippen molar-refractivity contribution in [1.29, 1.82) is 0 Å². The van der Waals surface area contributed by atoms with Gasteiger partial charge in [-0.05, 0) is 89.1 Å². The van der Waals surface area contributed by atoms with Crippen LogP contribution >= 0.6 is 0 Å². The van der Waals surface area contributed by atoms with Crippen LogP contribution in [0.3, 0.4) is 0 Å². The summed E-state index contributed by atoms with van der Waals surface area (Å²) in [6.45, 7) is -5.35. The third kappa shape index (κ3) is 8.94. The highest BCUT2D eigenvalue weighted by molar-refractivity contribution is 5.32. The quantitative estimate of drug-likeness (QED) is 0.364. The van der Waals surface area contributed by atoms with Crippen molar-refractivity contribution in [3.63, 3.8) is 0 Å². The van der Waals surface area contributed by atoms with Crippen LogP contribution < -0.4 is 9.47 Å². The third-order valence-electron chi connectivity index (χ3n) is 8.45. The molecule has 40 heavy (non-hydrogen) atoms. The van der Waals surface area contributed by atoms with Gasteiger partial charge in [0.25, 0.3) is 0 Å². The van der Waals surface area contributed by atoms with E-state index in [1.165, 1.54) is 18.6 Å². The summed E-state index contributed by atoms with van der Waals surface area (Å²) in [7, 11) is -1.04. The van der Waals surface area contributed by atoms with Gasteiger partial charge < -0.3 is 29.5 Å². The van der Waals surface area contributed by atoms with Crippen LogP contribution in [0, 0.1) is 0 Å². The Morgan fingerprint density at radius 2 is 1.02 bits per heavy atom. The smallest absolute Gasteiger partial charge is 0.118 e. The molecule has 2 aromatic rings. The minimum atomic E-state index is -2.86. The van der Waals surface area contributed by atoms with Crippen LogP contribution in [-0.4, -0.2) is 86.4 Å². The molecule has 0 heterocycles. The van der Waals surface area contributed by atoms with E-state index >= 15 is 0 Å². The van der Waals surface area contributed by atoms with Crippen molar-refractivity contribution in [2.75, 3.05) is 55.2 Å². The average Bonchev–Trinajstić information content (AvgIpc) is 2.99. The lowest BCUT2D eigenvalue weighted by atomic mass is 9.72. The van der Waals surface area contributed by atoms with Crippen LogP contribution in [0.2, 0.25) is 0 Å². The summed E-state index contributed by atoms with van der Waals surface area (Å²) in [5, 5.41) is 22.4. The highest BCUT2D eigenvalue weighted by Crippen LogP contribution is 2.41. The maximum absolute atomic E-state index is 11.3. The molecule has 4 rings (SSSR count). The van der Waals surface area contributed by atoms with Crippen LogP contribution in [0.1, 0.15) is 104 Å². The van der Waals surface area contributed by atoms with E-state index in [4.69, 9.17) is 25.9 Å². The van der Waals surface area contributed by atoms with Gasteiger partial charge in [-0.3, -0.25) is 0 Å². The number of likely N-dealkylation sites (N-methyl/N-ethyl adjacent to an activating group) is 2. The number of aliphatic hydroxyl groups is 2. The lowest BCUT2D eigenvalue weighted by molar-refractivity contribution is -0.0280. The van der Waals surface area contributed by atoms with Gasteiger partial charge in [-0.25, -0.2) is 0 Å². The van der Waals surface area contributed by atoms with E-state index in [-0.39, 0.29) is 18.2 Å². The summed E-state index contributed by atoms with van der Waals surface area (Å²) in [5.41, 5.74) is -0.374. The Morgan fingerprint density at radius 1 is 0.650 bits per heavy atom. The predicted molar refractivity (Wildman–Crippen MR) is 165 cm³/mol. The van der Waals surface area contributed by atoms with Crippen molar-refractivity contribution in [3.8, 4) is 11.5 Å². The standard InChI is InChI=1S/2C17H27NO2/c2*1-18(2)13-16(17(19)11-5-4-6-12-17)14-7-9-15(20-3)10-8-14/h2*7-10,16,19H,4-6,11-13H2,1-3H3/i1D3,2D3,3D3;3D3. The molecule has 0 aliphatic heterocycles. The second kappa shape index (κ2) is 15.2. The molecule has 2 atom stereocenters. The molecule has 0 bridgehead atoms. The molecule has 2 N–H and O–H groups in total. The monoisotopic (exact) mass is 566 g/mol. The average molecular weight is 567 g/mol. The first-order valence-electron chi connectivity index (χ1n) is 20.3. The Morgan fingerprint density at radius 3 is 1.35 bits per heavy atom. The van der Waals surface area contributed by atoms with Gasteiger partial charge in [-0.15, -0.1) is 0 Å². The van der Waals surface area contributed by atoms with Crippen LogP contribution in [0.5, 0.6) is 11.5 Å². The van der Waals surface area contributed by atoms with Crippen LogP contribution in [-0.2, 0) is 0 Å². The summed E-state index contributed by atoms with van der Waals surface area (Å²) in [5.74, 6) is -0.329. The number of nitrogens with zero attached hydrogens (tertiary/aromatic N) is 2. The minimum absolute atomic E-state index is 0.0135. The van der Waals surface area contributed by atoms with Crippen molar-refractivity contribution in [2.24, 2.45) is 0 Å². The molecule has 0 aromatic heterocycles. The molecule has 0 radical (unpaired) electrons. The Balaban J connectivity index is 0.000000288. The summed E-state index contributed by atoms with van der Waals surface area (Å²) < 4.78 is 98.6. The molecule has 0 spiro atoms. The van der Waals surface area contributed by atoms with E-state index < -0.39 is 45.1 Å². The molecule has 6 nitrogen and oxygen atoms in total. The van der Waals surface area contributed by atoms with E-state index in [9.17, 15) is 10.2 Å². The van der Waals surface area contributed by atoms with E-state index in [2.05, 4.69) is 4.90 Å². The SMILES string of the molecule is [2H]C([2H])([2H])Oc1ccc(C(CN(C([2H])([2H])[2H])C([2H])([2H])[2H])C2(O)CCCCC2)cc1.[2H]C([2H])([2H])Oc1ccc(C(CN(C)C)C2(O)CCCCC2)cc1. The molecule has 6 heteroatoms. The predicted octanol–water partition coefficient (Wildman–Crippen LogP) is 6.07. The zero-order valence-corrected chi connectivity index (χ0v) is 23.9. The highest BCUT2D eigenvalue weighted by Gasteiger charge is 2.40. The fraction of sp³-hybridized carbons (Fsp3) is 0.647. The number of rotatable bonds is 10. The molecule has 2 saturated carbocycles. The van der Waals surface area contributed by atoms with Crippen LogP contribution in [0.15, 0.2) is 48.5 Å². The van der Waals surface area contributed by atoms with Gasteiger partial charge in [0.1, 0.15) is 11.5 Å². The molecular formula is C34H54N2O4.